The van der Waals surface area contributed by atoms with Gasteiger partial charge < -0.3 is 0 Å². The van der Waals surface area contributed by atoms with Crippen LogP contribution >= 0.6 is 22.7 Å². The number of carbonyl (C=O) groups excluding carboxylic acids is 1. The van der Waals surface area contributed by atoms with Crippen LogP contribution in [-0.2, 0) is 10.0 Å². The van der Waals surface area contributed by atoms with Gasteiger partial charge in [0.15, 0.2) is 5.13 Å². The van der Waals surface area contributed by atoms with Gasteiger partial charge in [0.2, 0.25) is 10.0 Å². The monoisotopic (exact) mass is 458 g/mol. The SMILES string of the molecule is Cc1nc2c(ccc3nc(NC(=O)c4ccc(S(=O)(=O)N5CCCC5)cc4)sc32)s1. The molecule has 0 saturated carbocycles. The first kappa shape index (κ1) is 19.6. The van der Waals surface area contributed by atoms with Gasteiger partial charge in [0.05, 0.1) is 24.8 Å². The van der Waals surface area contributed by atoms with Crippen LogP contribution in [0.2, 0.25) is 0 Å². The standard InChI is InChI=1S/C20H18N4O3S3/c1-12-21-17-16(28-12)9-8-15-18(17)29-20(22-15)23-19(25)13-4-6-14(7-5-13)30(26,27)24-10-2-3-11-24/h4-9H,2-3,10-11H2,1H3,(H,22,23,25). The number of hydrogen-bond acceptors (Lipinski definition) is 7. The van der Waals surface area contributed by atoms with Crippen molar-refractivity contribution >= 4 is 64.2 Å². The average Bonchev–Trinajstić information content (AvgIpc) is 3.46. The number of thiazole rings is 2. The van der Waals surface area contributed by atoms with Gasteiger partial charge in [-0.2, -0.15) is 4.31 Å². The van der Waals surface area contributed by atoms with E-state index in [4.69, 9.17) is 0 Å². The number of sulfonamides is 1. The normalized spacial score (nSPS) is 15.2. The third-order valence-corrected chi connectivity index (χ3v) is 8.90. The van der Waals surface area contributed by atoms with E-state index >= 15 is 0 Å². The van der Waals surface area contributed by atoms with Crippen molar-refractivity contribution in [1.29, 1.82) is 0 Å². The number of carbonyl (C=O) groups is 1. The molecule has 10 heteroatoms. The predicted octanol–water partition coefficient (Wildman–Crippen LogP) is 4.25. The second-order valence-electron chi connectivity index (χ2n) is 7.10. The third kappa shape index (κ3) is 3.39. The average molecular weight is 459 g/mol. The van der Waals surface area contributed by atoms with Crippen molar-refractivity contribution in [3.05, 3.63) is 47.0 Å². The minimum absolute atomic E-state index is 0.210. The van der Waals surface area contributed by atoms with Gasteiger partial charge in [-0.25, -0.2) is 18.4 Å². The lowest BCUT2D eigenvalue weighted by Gasteiger charge is -2.15. The van der Waals surface area contributed by atoms with Gasteiger partial charge in [-0.15, -0.1) is 11.3 Å². The highest BCUT2D eigenvalue weighted by Gasteiger charge is 2.27. The second-order valence-corrected chi connectivity index (χ2v) is 11.3. The van der Waals surface area contributed by atoms with Crippen molar-refractivity contribution in [3.8, 4) is 0 Å². The summed E-state index contributed by atoms with van der Waals surface area (Å²) >= 11 is 3.01. The van der Waals surface area contributed by atoms with Crippen LogP contribution in [0.25, 0.3) is 20.4 Å². The molecule has 4 aromatic rings. The van der Waals surface area contributed by atoms with Crippen LogP contribution in [0.15, 0.2) is 41.3 Å². The highest BCUT2D eigenvalue weighted by Crippen LogP contribution is 2.34. The highest BCUT2D eigenvalue weighted by molar-refractivity contribution is 7.89. The Morgan fingerprint density at radius 2 is 1.77 bits per heavy atom. The fourth-order valence-electron chi connectivity index (χ4n) is 3.57. The molecule has 7 nitrogen and oxygen atoms in total. The summed E-state index contributed by atoms with van der Waals surface area (Å²) in [4.78, 5) is 21.9. The summed E-state index contributed by atoms with van der Waals surface area (Å²) in [6.45, 7) is 3.07. The van der Waals surface area contributed by atoms with Crippen LogP contribution in [0.1, 0.15) is 28.2 Å². The number of nitrogens with zero attached hydrogens (tertiary/aromatic N) is 3. The Kier molecular flexibility index (Phi) is 4.81. The maximum Gasteiger partial charge on any atom is 0.257 e. The number of aromatic nitrogens is 2. The minimum atomic E-state index is -3.49. The molecule has 0 radical (unpaired) electrons. The molecule has 1 saturated heterocycles. The Morgan fingerprint density at radius 3 is 2.50 bits per heavy atom. The number of amides is 1. The van der Waals surface area contributed by atoms with Crippen molar-refractivity contribution in [2.75, 3.05) is 18.4 Å². The molecule has 0 bridgehead atoms. The second kappa shape index (κ2) is 7.38. The fraction of sp³-hybridized carbons (Fsp3) is 0.250. The first-order valence-electron chi connectivity index (χ1n) is 9.50. The van der Waals surface area contributed by atoms with E-state index in [9.17, 15) is 13.2 Å². The predicted molar refractivity (Wildman–Crippen MR) is 120 cm³/mol. The van der Waals surface area contributed by atoms with Gasteiger partial charge in [0.1, 0.15) is 5.52 Å². The Bertz CT molecular complexity index is 1370. The lowest BCUT2D eigenvalue weighted by molar-refractivity contribution is 0.102. The summed E-state index contributed by atoms with van der Waals surface area (Å²) in [5.41, 5.74) is 2.08. The lowest BCUT2D eigenvalue weighted by Crippen LogP contribution is -2.27. The Morgan fingerprint density at radius 1 is 1.03 bits per heavy atom. The zero-order valence-electron chi connectivity index (χ0n) is 16.1. The third-order valence-electron chi connectivity index (χ3n) is 5.06. The van der Waals surface area contributed by atoms with Gasteiger partial charge in [-0.05, 0) is 56.2 Å². The van der Waals surface area contributed by atoms with Gasteiger partial charge in [0.25, 0.3) is 5.91 Å². The molecule has 0 unspecified atom stereocenters. The topological polar surface area (TPSA) is 92.3 Å². The van der Waals surface area contributed by atoms with Crippen LogP contribution in [0.3, 0.4) is 0 Å². The summed E-state index contributed by atoms with van der Waals surface area (Å²) in [7, 11) is -3.49. The molecule has 1 aliphatic heterocycles. The van der Waals surface area contributed by atoms with E-state index < -0.39 is 10.0 Å². The van der Waals surface area contributed by atoms with Crippen LogP contribution < -0.4 is 5.32 Å². The first-order valence-corrected chi connectivity index (χ1v) is 12.6. The van der Waals surface area contributed by atoms with Crippen molar-refractivity contribution < 1.29 is 13.2 Å². The molecular weight excluding hydrogens is 440 g/mol. The number of fused-ring (bicyclic) bond motifs is 3. The molecule has 5 rings (SSSR count). The Hall–Kier alpha value is -2.40. The first-order chi connectivity index (χ1) is 14.4. The molecule has 1 amide bonds. The number of aryl methyl sites for hydroxylation is 1. The summed E-state index contributed by atoms with van der Waals surface area (Å²) in [6.07, 6.45) is 1.77. The van der Waals surface area contributed by atoms with E-state index in [1.165, 1.54) is 39.9 Å². The van der Waals surface area contributed by atoms with Gasteiger partial charge >= 0.3 is 0 Å². The number of benzene rings is 2. The molecule has 154 valence electrons. The molecule has 1 N–H and O–H groups in total. The minimum Gasteiger partial charge on any atom is -0.298 e. The molecule has 3 heterocycles. The molecule has 0 spiro atoms. The van der Waals surface area contributed by atoms with E-state index in [-0.39, 0.29) is 10.8 Å². The zero-order chi connectivity index (χ0) is 20.9. The van der Waals surface area contributed by atoms with E-state index in [1.54, 1.807) is 11.3 Å². The lowest BCUT2D eigenvalue weighted by atomic mass is 10.2. The van der Waals surface area contributed by atoms with E-state index in [2.05, 4.69) is 15.3 Å². The van der Waals surface area contributed by atoms with Crippen molar-refractivity contribution in [3.63, 3.8) is 0 Å². The van der Waals surface area contributed by atoms with Crippen LogP contribution in [0.5, 0.6) is 0 Å². The summed E-state index contributed by atoms with van der Waals surface area (Å²) < 4.78 is 28.8. The number of hydrogen-bond donors (Lipinski definition) is 1. The van der Waals surface area contributed by atoms with E-state index in [1.807, 2.05) is 19.1 Å². The molecule has 1 fully saturated rings. The van der Waals surface area contributed by atoms with Gasteiger partial charge in [-0.3, -0.25) is 10.1 Å². The maximum atomic E-state index is 12.7. The Labute approximate surface area is 181 Å². The van der Waals surface area contributed by atoms with Crippen LogP contribution in [-0.4, -0.2) is 41.7 Å². The summed E-state index contributed by atoms with van der Waals surface area (Å²) in [6, 6.07) is 9.97. The van der Waals surface area contributed by atoms with Crippen LogP contribution in [0, 0.1) is 6.92 Å². The molecule has 2 aromatic heterocycles. The summed E-state index contributed by atoms with van der Waals surface area (Å²) in [5.74, 6) is -0.329. The van der Waals surface area contributed by atoms with E-state index in [0.29, 0.717) is 23.8 Å². The molecule has 30 heavy (non-hydrogen) atoms. The molecular formula is C20H18N4O3S3. The largest absolute Gasteiger partial charge is 0.298 e. The molecule has 1 aliphatic rings. The number of anilines is 1. The maximum absolute atomic E-state index is 12.7. The number of rotatable bonds is 4. The van der Waals surface area contributed by atoms with Crippen molar-refractivity contribution in [2.45, 2.75) is 24.7 Å². The number of nitrogens with one attached hydrogen (secondary N) is 1. The summed E-state index contributed by atoms with van der Waals surface area (Å²) in [5, 5.41) is 4.29. The molecule has 0 atom stereocenters. The quantitative estimate of drug-likeness (QED) is 0.494. The molecule has 0 aliphatic carbocycles. The highest BCUT2D eigenvalue weighted by atomic mass is 32.2. The van der Waals surface area contributed by atoms with Crippen molar-refractivity contribution in [1.82, 2.24) is 14.3 Å². The fourth-order valence-corrected chi connectivity index (χ4v) is 6.94. The van der Waals surface area contributed by atoms with Crippen LogP contribution in [0.4, 0.5) is 5.13 Å². The van der Waals surface area contributed by atoms with Gasteiger partial charge in [-0.1, -0.05) is 11.3 Å². The van der Waals surface area contributed by atoms with Crippen molar-refractivity contribution in [2.24, 2.45) is 0 Å². The smallest absolute Gasteiger partial charge is 0.257 e. The van der Waals surface area contributed by atoms with Gasteiger partial charge in [0, 0.05) is 18.7 Å². The Balaban J connectivity index is 1.38. The van der Waals surface area contributed by atoms with E-state index in [0.717, 1.165) is 38.3 Å². The molecule has 2 aromatic carbocycles. The zero-order valence-corrected chi connectivity index (χ0v) is 18.5.